The number of likely N-dealkylation sites (tertiary alicyclic amines) is 1. The van der Waals surface area contributed by atoms with E-state index in [1.54, 1.807) is 21.1 Å². The monoisotopic (exact) mass is 390 g/mol. The van der Waals surface area contributed by atoms with E-state index in [4.69, 9.17) is 9.47 Å². The fourth-order valence-corrected chi connectivity index (χ4v) is 4.14. The van der Waals surface area contributed by atoms with Crippen LogP contribution in [0.15, 0.2) is 23.6 Å². The van der Waals surface area contributed by atoms with Gasteiger partial charge in [-0.1, -0.05) is 0 Å². The molecule has 1 unspecified atom stereocenters. The van der Waals surface area contributed by atoms with Gasteiger partial charge in [-0.15, -0.1) is 11.3 Å². The number of ether oxygens (including phenoxy) is 2. The Hall–Kier alpha value is -2.61. The number of nitrogens with zero attached hydrogens (tertiary/aromatic N) is 2. The van der Waals surface area contributed by atoms with Crippen LogP contribution in [0.1, 0.15) is 25.5 Å². The minimum Gasteiger partial charge on any atom is -0.493 e. The lowest BCUT2D eigenvalue weighted by Gasteiger charge is -2.31. The van der Waals surface area contributed by atoms with Crippen LogP contribution in [0.25, 0.3) is 10.6 Å². The summed E-state index contributed by atoms with van der Waals surface area (Å²) in [5, 5.41) is 12.1. The van der Waals surface area contributed by atoms with Gasteiger partial charge in [-0.25, -0.2) is 9.78 Å². The van der Waals surface area contributed by atoms with E-state index >= 15 is 0 Å². The van der Waals surface area contributed by atoms with E-state index in [-0.39, 0.29) is 12.3 Å². The molecule has 1 aromatic heterocycles. The lowest BCUT2D eigenvalue weighted by atomic mass is 9.99. The van der Waals surface area contributed by atoms with Crippen molar-refractivity contribution >= 4 is 23.2 Å². The number of rotatable bonds is 6. The van der Waals surface area contributed by atoms with Crippen LogP contribution in [0.4, 0.5) is 0 Å². The quantitative estimate of drug-likeness (QED) is 0.816. The first-order chi connectivity index (χ1) is 12.9. The Bertz CT molecular complexity index is 866. The van der Waals surface area contributed by atoms with Crippen LogP contribution in [-0.4, -0.2) is 53.2 Å². The van der Waals surface area contributed by atoms with Gasteiger partial charge in [-0.3, -0.25) is 4.79 Å². The molecule has 1 amide bonds. The van der Waals surface area contributed by atoms with Crippen LogP contribution in [0.2, 0.25) is 0 Å². The number of carboxylic acid groups (broad SMARTS) is 1. The fraction of sp³-hybridized carbons (Fsp3) is 0.421. The van der Waals surface area contributed by atoms with Crippen LogP contribution in [0.3, 0.4) is 0 Å². The number of carboxylic acids is 1. The van der Waals surface area contributed by atoms with Crippen LogP contribution < -0.4 is 9.47 Å². The predicted molar refractivity (Wildman–Crippen MR) is 101 cm³/mol. The van der Waals surface area contributed by atoms with Crippen molar-refractivity contribution in [3.8, 4) is 22.1 Å². The van der Waals surface area contributed by atoms with Gasteiger partial charge in [0.15, 0.2) is 11.5 Å². The summed E-state index contributed by atoms with van der Waals surface area (Å²) in [5.41, 5.74) is 0.376. The molecular formula is C19H22N2O5S. The molecule has 1 atom stereocenters. The lowest BCUT2D eigenvalue weighted by molar-refractivity contribution is -0.155. The second-order valence-electron chi connectivity index (χ2n) is 6.62. The molecule has 0 saturated carbocycles. The molecule has 1 saturated heterocycles. The highest BCUT2D eigenvalue weighted by atomic mass is 32.1. The van der Waals surface area contributed by atoms with Crippen molar-refractivity contribution in [3.63, 3.8) is 0 Å². The Kier molecular flexibility index (Phi) is 5.36. The number of amides is 1. The van der Waals surface area contributed by atoms with E-state index in [1.165, 1.54) is 16.2 Å². The molecule has 0 aliphatic carbocycles. The molecule has 27 heavy (non-hydrogen) atoms. The SMILES string of the molecule is COc1ccc(-c2nc(CC(=O)N3CCCC3(C)C(=O)O)cs2)cc1OC. The third-order valence-electron chi connectivity index (χ3n) is 4.92. The highest BCUT2D eigenvalue weighted by molar-refractivity contribution is 7.13. The van der Waals surface area contributed by atoms with Crippen molar-refractivity contribution in [1.29, 1.82) is 0 Å². The molecule has 144 valence electrons. The summed E-state index contributed by atoms with van der Waals surface area (Å²) in [6, 6.07) is 5.53. The number of aromatic nitrogens is 1. The molecule has 0 radical (unpaired) electrons. The minimum atomic E-state index is -1.13. The average Bonchev–Trinajstić information content (AvgIpc) is 3.28. The first-order valence-corrected chi connectivity index (χ1v) is 9.47. The summed E-state index contributed by atoms with van der Waals surface area (Å²) in [4.78, 5) is 30.2. The Morgan fingerprint density at radius 1 is 1.30 bits per heavy atom. The fourth-order valence-electron chi connectivity index (χ4n) is 3.33. The van der Waals surface area contributed by atoms with Crippen LogP contribution in [-0.2, 0) is 16.0 Å². The van der Waals surface area contributed by atoms with Crippen LogP contribution >= 0.6 is 11.3 Å². The summed E-state index contributed by atoms with van der Waals surface area (Å²) < 4.78 is 10.6. The number of hydrogen-bond acceptors (Lipinski definition) is 6. The van der Waals surface area contributed by atoms with E-state index < -0.39 is 11.5 Å². The van der Waals surface area contributed by atoms with Gasteiger partial charge in [0.1, 0.15) is 10.5 Å². The maximum atomic E-state index is 12.7. The Balaban J connectivity index is 1.77. The Morgan fingerprint density at radius 3 is 2.70 bits per heavy atom. The zero-order chi connectivity index (χ0) is 19.6. The topological polar surface area (TPSA) is 89.0 Å². The number of methoxy groups -OCH3 is 2. The van der Waals surface area contributed by atoms with Crippen molar-refractivity contribution in [3.05, 3.63) is 29.3 Å². The normalized spacial score (nSPS) is 19.1. The van der Waals surface area contributed by atoms with E-state index in [9.17, 15) is 14.7 Å². The molecule has 0 bridgehead atoms. The summed E-state index contributed by atoms with van der Waals surface area (Å²) in [7, 11) is 3.15. The molecule has 3 rings (SSSR count). The van der Waals surface area contributed by atoms with Crippen LogP contribution in [0.5, 0.6) is 11.5 Å². The minimum absolute atomic E-state index is 0.0899. The number of thiazole rings is 1. The molecule has 7 nitrogen and oxygen atoms in total. The van der Waals surface area contributed by atoms with Gasteiger partial charge in [0.05, 0.1) is 26.3 Å². The van der Waals surface area contributed by atoms with Gasteiger partial charge >= 0.3 is 5.97 Å². The molecule has 1 aromatic carbocycles. The first kappa shape index (κ1) is 19.2. The zero-order valence-corrected chi connectivity index (χ0v) is 16.3. The summed E-state index contributed by atoms with van der Waals surface area (Å²) >= 11 is 1.43. The molecule has 1 aliphatic heterocycles. The number of carbonyl (C=O) groups is 2. The molecule has 0 spiro atoms. The molecule has 1 N–H and O–H groups in total. The van der Waals surface area contributed by atoms with E-state index in [0.29, 0.717) is 36.6 Å². The van der Waals surface area contributed by atoms with Gasteiger partial charge in [0.2, 0.25) is 5.91 Å². The van der Waals surface area contributed by atoms with Crippen molar-refractivity contribution in [2.75, 3.05) is 20.8 Å². The highest BCUT2D eigenvalue weighted by Gasteiger charge is 2.45. The van der Waals surface area contributed by atoms with Gasteiger partial charge < -0.3 is 19.5 Å². The van der Waals surface area contributed by atoms with Crippen molar-refractivity contribution in [2.24, 2.45) is 0 Å². The number of aliphatic carboxylic acids is 1. The number of hydrogen-bond donors (Lipinski definition) is 1. The predicted octanol–water partition coefficient (Wildman–Crippen LogP) is 2.84. The Morgan fingerprint density at radius 2 is 2.04 bits per heavy atom. The number of benzene rings is 1. The van der Waals surface area contributed by atoms with Gasteiger partial charge in [0.25, 0.3) is 0 Å². The third kappa shape index (κ3) is 3.62. The second-order valence-corrected chi connectivity index (χ2v) is 7.48. The molecule has 8 heteroatoms. The molecule has 1 fully saturated rings. The largest absolute Gasteiger partial charge is 0.493 e. The molecule has 1 aliphatic rings. The number of carbonyl (C=O) groups excluding carboxylic acids is 1. The molecule has 2 heterocycles. The zero-order valence-electron chi connectivity index (χ0n) is 15.5. The van der Waals surface area contributed by atoms with Crippen molar-refractivity contribution in [1.82, 2.24) is 9.88 Å². The third-order valence-corrected chi connectivity index (χ3v) is 5.86. The van der Waals surface area contributed by atoms with E-state index in [0.717, 1.165) is 10.6 Å². The summed E-state index contributed by atoms with van der Waals surface area (Å²) in [6.07, 6.45) is 1.26. The van der Waals surface area contributed by atoms with E-state index in [1.807, 2.05) is 23.6 Å². The molecule has 2 aromatic rings. The summed E-state index contributed by atoms with van der Waals surface area (Å²) in [5.74, 6) is 0.0755. The maximum absolute atomic E-state index is 12.7. The Labute approximate surface area is 161 Å². The standard InChI is InChI=1S/C19H22N2O5S/c1-19(18(23)24)7-4-8-21(19)16(22)10-13-11-27-17(20-13)12-5-6-14(25-2)15(9-12)26-3/h5-6,9,11H,4,7-8,10H2,1-3H3,(H,23,24). The average molecular weight is 390 g/mol. The smallest absolute Gasteiger partial charge is 0.329 e. The van der Waals surface area contributed by atoms with Gasteiger partial charge in [-0.2, -0.15) is 0 Å². The maximum Gasteiger partial charge on any atom is 0.329 e. The summed E-state index contributed by atoms with van der Waals surface area (Å²) in [6.45, 7) is 2.07. The second kappa shape index (κ2) is 7.56. The van der Waals surface area contributed by atoms with E-state index in [2.05, 4.69) is 4.98 Å². The van der Waals surface area contributed by atoms with Crippen molar-refractivity contribution in [2.45, 2.75) is 31.7 Å². The van der Waals surface area contributed by atoms with Crippen LogP contribution in [0, 0.1) is 0 Å². The van der Waals surface area contributed by atoms with Crippen molar-refractivity contribution < 1.29 is 24.2 Å². The lowest BCUT2D eigenvalue weighted by Crippen LogP contribution is -2.51. The first-order valence-electron chi connectivity index (χ1n) is 8.59. The highest BCUT2D eigenvalue weighted by Crippen LogP contribution is 2.34. The van der Waals surface area contributed by atoms with Gasteiger partial charge in [0, 0.05) is 17.5 Å². The molecular weight excluding hydrogens is 368 g/mol. The van der Waals surface area contributed by atoms with Gasteiger partial charge in [-0.05, 0) is 38.0 Å².